The number of benzene rings is 1. The standard InChI is InChI=1S/C22H34O2/c1-2-3-4-5-6-7-8-9-10-11-12-13-18-24-20-22-16-14-21(19-23)15-17-22/h11,13-17,23H,2-10,18-20H2,1H3. The van der Waals surface area contributed by atoms with Crippen molar-refractivity contribution in [1.82, 2.24) is 0 Å². The molecule has 24 heavy (non-hydrogen) atoms. The molecule has 0 aliphatic rings. The normalized spacial score (nSPS) is 10.4. The highest BCUT2D eigenvalue weighted by molar-refractivity contribution is 5.21. The quantitative estimate of drug-likeness (QED) is 0.338. The van der Waals surface area contributed by atoms with E-state index in [2.05, 4.69) is 18.7 Å². The molecule has 1 aromatic rings. The summed E-state index contributed by atoms with van der Waals surface area (Å²) in [6.45, 7) is 3.55. The first-order chi connectivity index (χ1) is 11.9. The lowest BCUT2D eigenvalue weighted by Crippen LogP contribution is -1.93. The van der Waals surface area contributed by atoms with Crippen molar-refractivity contribution in [2.75, 3.05) is 6.61 Å². The van der Waals surface area contributed by atoms with Crippen LogP contribution in [-0.4, -0.2) is 11.7 Å². The number of hydrogen-bond acceptors (Lipinski definition) is 2. The first-order valence-corrected chi connectivity index (χ1v) is 9.52. The van der Waals surface area contributed by atoms with Gasteiger partial charge in [-0.05, 0) is 36.1 Å². The van der Waals surface area contributed by atoms with Crippen LogP contribution < -0.4 is 0 Å². The molecule has 2 nitrogen and oxygen atoms in total. The Kier molecular flexibility index (Phi) is 13.1. The Balaban J connectivity index is 1.95. The molecule has 0 fully saturated rings. The third kappa shape index (κ3) is 11.2. The van der Waals surface area contributed by atoms with Crippen LogP contribution in [0, 0.1) is 0 Å². The molecule has 0 amide bonds. The Labute approximate surface area is 148 Å². The van der Waals surface area contributed by atoms with E-state index in [-0.39, 0.29) is 6.61 Å². The van der Waals surface area contributed by atoms with Gasteiger partial charge in [0.2, 0.25) is 0 Å². The van der Waals surface area contributed by atoms with Crippen molar-refractivity contribution in [1.29, 1.82) is 0 Å². The second-order valence-corrected chi connectivity index (χ2v) is 6.33. The minimum absolute atomic E-state index is 0.0908. The first-order valence-electron chi connectivity index (χ1n) is 9.52. The van der Waals surface area contributed by atoms with E-state index in [0.29, 0.717) is 13.2 Å². The number of aliphatic hydroxyl groups is 1. The average molecular weight is 331 g/mol. The zero-order chi connectivity index (χ0) is 17.3. The summed E-state index contributed by atoms with van der Waals surface area (Å²) in [7, 11) is 0. The molecule has 0 spiro atoms. The molecule has 0 radical (unpaired) electrons. The van der Waals surface area contributed by atoms with Gasteiger partial charge in [0.15, 0.2) is 0 Å². The third-order valence-corrected chi connectivity index (χ3v) is 4.11. The molecule has 1 N–H and O–H groups in total. The van der Waals surface area contributed by atoms with Crippen molar-refractivity contribution in [3.8, 4) is 0 Å². The molecule has 0 atom stereocenters. The van der Waals surface area contributed by atoms with Gasteiger partial charge in [0.25, 0.3) is 0 Å². The Hall–Kier alpha value is -1.34. The van der Waals surface area contributed by atoms with E-state index in [1.54, 1.807) is 0 Å². The molecule has 1 aromatic carbocycles. The Bertz CT molecular complexity index is 455. The van der Waals surface area contributed by atoms with Gasteiger partial charge in [0, 0.05) is 0 Å². The van der Waals surface area contributed by atoms with E-state index in [4.69, 9.17) is 9.84 Å². The van der Waals surface area contributed by atoms with Gasteiger partial charge >= 0.3 is 0 Å². The second-order valence-electron chi connectivity index (χ2n) is 6.33. The Morgan fingerprint density at radius 3 is 2.17 bits per heavy atom. The fourth-order valence-electron chi connectivity index (χ4n) is 2.57. The maximum Gasteiger partial charge on any atom is 0.0725 e. The van der Waals surface area contributed by atoms with Crippen LogP contribution in [0.5, 0.6) is 0 Å². The lowest BCUT2D eigenvalue weighted by atomic mass is 10.1. The zero-order valence-corrected chi connectivity index (χ0v) is 15.3. The van der Waals surface area contributed by atoms with Crippen molar-refractivity contribution in [2.24, 2.45) is 0 Å². The minimum Gasteiger partial charge on any atom is -0.392 e. The topological polar surface area (TPSA) is 29.5 Å². The van der Waals surface area contributed by atoms with Crippen molar-refractivity contribution in [3.05, 3.63) is 53.3 Å². The van der Waals surface area contributed by atoms with E-state index in [9.17, 15) is 0 Å². The van der Waals surface area contributed by atoms with Crippen LogP contribution in [0.2, 0.25) is 0 Å². The van der Waals surface area contributed by atoms with Gasteiger partial charge in [-0.15, -0.1) is 5.73 Å². The van der Waals surface area contributed by atoms with E-state index >= 15 is 0 Å². The van der Waals surface area contributed by atoms with E-state index < -0.39 is 0 Å². The highest BCUT2D eigenvalue weighted by Crippen LogP contribution is 2.09. The SMILES string of the molecule is CCCCCCCCCCC=C=CCOCc1ccc(CO)cc1. The van der Waals surface area contributed by atoms with Crippen LogP contribution in [0.1, 0.15) is 75.8 Å². The van der Waals surface area contributed by atoms with Crippen molar-refractivity contribution < 1.29 is 9.84 Å². The van der Waals surface area contributed by atoms with Gasteiger partial charge in [0.05, 0.1) is 19.8 Å². The predicted octanol–water partition coefficient (Wildman–Crippen LogP) is 5.94. The first kappa shape index (κ1) is 20.7. The monoisotopic (exact) mass is 330 g/mol. The van der Waals surface area contributed by atoms with Gasteiger partial charge in [-0.1, -0.05) is 76.1 Å². The summed E-state index contributed by atoms with van der Waals surface area (Å²) >= 11 is 0. The molecule has 134 valence electrons. The van der Waals surface area contributed by atoms with Crippen LogP contribution >= 0.6 is 0 Å². The summed E-state index contributed by atoms with van der Waals surface area (Å²) < 4.78 is 5.58. The largest absolute Gasteiger partial charge is 0.392 e. The van der Waals surface area contributed by atoms with E-state index in [1.807, 2.05) is 30.3 Å². The minimum atomic E-state index is 0.0908. The van der Waals surface area contributed by atoms with Gasteiger partial charge in [0.1, 0.15) is 0 Å². The zero-order valence-electron chi connectivity index (χ0n) is 15.3. The van der Waals surface area contributed by atoms with Crippen LogP contribution in [0.3, 0.4) is 0 Å². The van der Waals surface area contributed by atoms with Crippen molar-refractivity contribution in [3.63, 3.8) is 0 Å². The summed E-state index contributed by atoms with van der Waals surface area (Å²) in [6, 6.07) is 7.84. The smallest absolute Gasteiger partial charge is 0.0725 e. The number of hydrogen-bond donors (Lipinski definition) is 1. The molecule has 0 unspecified atom stereocenters. The number of aliphatic hydroxyl groups excluding tert-OH is 1. The van der Waals surface area contributed by atoms with Gasteiger partial charge in [-0.25, -0.2) is 0 Å². The summed E-state index contributed by atoms with van der Waals surface area (Å²) in [6.07, 6.45) is 16.1. The van der Waals surface area contributed by atoms with Crippen LogP contribution in [-0.2, 0) is 18.0 Å². The second kappa shape index (κ2) is 15.2. The van der Waals surface area contributed by atoms with Gasteiger partial charge in [-0.2, -0.15) is 0 Å². The third-order valence-electron chi connectivity index (χ3n) is 4.11. The highest BCUT2D eigenvalue weighted by atomic mass is 16.5. The molecule has 0 saturated heterocycles. The number of rotatable bonds is 14. The number of ether oxygens (including phenoxy) is 1. The summed E-state index contributed by atoms with van der Waals surface area (Å²) in [5.41, 5.74) is 5.26. The maximum atomic E-state index is 8.99. The van der Waals surface area contributed by atoms with E-state index in [1.165, 1.54) is 51.4 Å². The molecule has 0 aromatic heterocycles. The van der Waals surface area contributed by atoms with Crippen molar-refractivity contribution >= 4 is 0 Å². The lowest BCUT2D eigenvalue weighted by molar-refractivity contribution is 0.149. The van der Waals surface area contributed by atoms with Crippen molar-refractivity contribution in [2.45, 2.75) is 77.9 Å². The van der Waals surface area contributed by atoms with Crippen LogP contribution in [0.4, 0.5) is 0 Å². The number of unbranched alkanes of at least 4 members (excludes halogenated alkanes) is 8. The Morgan fingerprint density at radius 1 is 0.875 bits per heavy atom. The summed E-state index contributed by atoms with van der Waals surface area (Å²) in [5, 5.41) is 8.99. The average Bonchev–Trinajstić information content (AvgIpc) is 2.62. The van der Waals surface area contributed by atoms with Gasteiger partial charge in [-0.3, -0.25) is 0 Å². The molecule has 0 saturated carbocycles. The van der Waals surface area contributed by atoms with Crippen LogP contribution in [0.25, 0.3) is 0 Å². The van der Waals surface area contributed by atoms with Crippen LogP contribution in [0.15, 0.2) is 42.1 Å². The fourth-order valence-corrected chi connectivity index (χ4v) is 2.57. The van der Waals surface area contributed by atoms with E-state index in [0.717, 1.165) is 17.5 Å². The fraction of sp³-hybridized carbons (Fsp3) is 0.591. The molecular formula is C22H34O2. The molecule has 2 heteroatoms. The van der Waals surface area contributed by atoms with Gasteiger partial charge < -0.3 is 9.84 Å². The maximum absolute atomic E-state index is 8.99. The Morgan fingerprint density at radius 2 is 1.50 bits per heavy atom. The molecule has 0 heterocycles. The molecule has 0 bridgehead atoms. The molecule has 0 aliphatic heterocycles. The predicted molar refractivity (Wildman–Crippen MR) is 102 cm³/mol. The summed E-state index contributed by atoms with van der Waals surface area (Å²) in [4.78, 5) is 0. The molecular weight excluding hydrogens is 296 g/mol. The summed E-state index contributed by atoms with van der Waals surface area (Å²) in [5.74, 6) is 0. The molecule has 0 aliphatic carbocycles. The lowest BCUT2D eigenvalue weighted by Gasteiger charge is -2.02. The highest BCUT2D eigenvalue weighted by Gasteiger charge is 1.93. The molecule has 1 rings (SSSR count).